The molecule has 24 heavy (non-hydrogen) atoms. The second kappa shape index (κ2) is 6.66. The summed E-state index contributed by atoms with van der Waals surface area (Å²) in [5.74, 6) is -2.42. The Labute approximate surface area is 136 Å². The van der Waals surface area contributed by atoms with Crippen molar-refractivity contribution in [3.63, 3.8) is 0 Å². The maximum atomic E-state index is 14.3. The number of phenols is 1. The van der Waals surface area contributed by atoms with Crippen LogP contribution in [-0.2, 0) is 0 Å². The lowest BCUT2D eigenvalue weighted by atomic mass is 9.93. The molecule has 2 rings (SSSR count). The number of amides is 1. The fraction of sp³-hybridized carbons (Fsp3) is 0.0625. The highest BCUT2D eigenvalue weighted by molar-refractivity contribution is 6.09. The maximum Gasteiger partial charge on any atom is 0.284 e. The first-order valence-corrected chi connectivity index (χ1v) is 6.63. The first-order chi connectivity index (χ1) is 11.4. The van der Waals surface area contributed by atoms with Crippen molar-refractivity contribution in [2.75, 3.05) is 7.11 Å². The summed E-state index contributed by atoms with van der Waals surface area (Å²) in [4.78, 5) is 15.6. The molecule has 0 bridgehead atoms. The Bertz CT molecular complexity index is 884. The van der Waals surface area contributed by atoms with Gasteiger partial charge in [0.25, 0.3) is 5.91 Å². The van der Waals surface area contributed by atoms with E-state index in [4.69, 9.17) is 16.2 Å². The number of nitrogens with two attached hydrogens (primary N) is 2. The summed E-state index contributed by atoms with van der Waals surface area (Å²) >= 11 is 0. The summed E-state index contributed by atoms with van der Waals surface area (Å²) in [6.07, 6.45) is 0. The van der Waals surface area contributed by atoms with Gasteiger partial charge in [-0.25, -0.2) is 4.39 Å². The Kier molecular flexibility index (Phi) is 4.65. The highest BCUT2D eigenvalue weighted by atomic mass is 19.1. The largest absolute Gasteiger partial charge is 0.507 e. The van der Waals surface area contributed by atoms with Crippen LogP contribution >= 0.6 is 0 Å². The molecule has 7 nitrogen and oxygen atoms in total. The van der Waals surface area contributed by atoms with Gasteiger partial charge in [-0.2, -0.15) is 10.3 Å². The minimum Gasteiger partial charge on any atom is -0.507 e. The van der Waals surface area contributed by atoms with Crippen LogP contribution in [-0.4, -0.2) is 24.1 Å². The second-order valence-electron chi connectivity index (χ2n) is 4.68. The van der Waals surface area contributed by atoms with Gasteiger partial charge in [-0.15, -0.1) is 0 Å². The summed E-state index contributed by atoms with van der Waals surface area (Å²) in [5, 5.41) is 19.3. The van der Waals surface area contributed by atoms with Gasteiger partial charge in [0.15, 0.2) is 5.96 Å². The van der Waals surface area contributed by atoms with Crippen LogP contribution in [0.25, 0.3) is 11.1 Å². The number of nitrogens with zero attached hydrogens (tertiary/aromatic N) is 2. The highest BCUT2D eigenvalue weighted by Gasteiger charge is 2.23. The van der Waals surface area contributed by atoms with Crippen LogP contribution in [0.2, 0.25) is 0 Å². The molecule has 2 aromatic carbocycles. The number of nitriles is 1. The summed E-state index contributed by atoms with van der Waals surface area (Å²) in [5.41, 5.74) is 9.73. The van der Waals surface area contributed by atoms with Crippen molar-refractivity contribution >= 4 is 11.9 Å². The molecule has 8 heteroatoms. The molecule has 0 heterocycles. The average molecular weight is 328 g/mol. The molecule has 0 radical (unpaired) electrons. The van der Waals surface area contributed by atoms with Crippen LogP contribution < -0.4 is 16.2 Å². The van der Waals surface area contributed by atoms with Crippen molar-refractivity contribution in [2.24, 2.45) is 16.5 Å². The zero-order valence-corrected chi connectivity index (χ0v) is 12.6. The molecule has 0 fully saturated rings. The number of carbonyl (C=O) groups is 1. The third kappa shape index (κ3) is 3.10. The summed E-state index contributed by atoms with van der Waals surface area (Å²) in [6, 6.07) is 8.05. The van der Waals surface area contributed by atoms with E-state index in [0.717, 1.165) is 12.1 Å². The van der Waals surface area contributed by atoms with Gasteiger partial charge in [-0.3, -0.25) is 4.79 Å². The van der Waals surface area contributed by atoms with Gasteiger partial charge in [0.1, 0.15) is 17.3 Å². The highest BCUT2D eigenvalue weighted by Crippen LogP contribution is 2.37. The quantitative estimate of drug-likeness (QED) is 0.577. The van der Waals surface area contributed by atoms with Gasteiger partial charge in [0, 0.05) is 11.1 Å². The minimum atomic E-state index is -0.998. The maximum absolute atomic E-state index is 14.3. The molecule has 2 aromatic rings. The smallest absolute Gasteiger partial charge is 0.284 e. The number of guanidine groups is 1. The molecular weight excluding hydrogens is 315 g/mol. The molecule has 122 valence electrons. The number of phenolic OH excluding ortho intramolecular Hbond substituents is 1. The number of aliphatic imine (C=N–C) groups is 1. The standard InChI is InChI=1S/C16H13FN4O3/c1-24-9-3-4-11(17)10(6-9)13-8(7-18)2-5-12(22)14(13)15(23)21-16(19)20/h2-6,22H,1H3,(H4,19,20,21,23). The Morgan fingerprint density at radius 1 is 1.33 bits per heavy atom. The van der Waals surface area contributed by atoms with E-state index in [1.54, 1.807) is 0 Å². The van der Waals surface area contributed by atoms with Crippen molar-refractivity contribution in [3.05, 3.63) is 47.3 Å². The minimum absolute atomic E-state index is 0.0332. The predicted molar refractivity (Wildman–Crippen MR) is 84.9 cm³/mol. The van der Waals surface area contributed by atoms with Crippen LogP contribution in [0.15, 0.2) is 35.3 Å². The molecule has 0 aliphatic rings. The van der Waals surface area contributed by atoms with Gasteiger partial charge in [-0.1, -0.05) is 0 Å². The molecular formula is C16H13FN4O3. The fourth-order valence-corrected chi connectivity index (χ4v) is 2.18. The van der Waals surface area contributed by atoms with E-state index in [0.29, 0.717) is 5.75 Å². The zero-order valence-electron chi connectivity index (χ0n) is 12.6. The number of hydrogen-bond acceptors (Lipinski definition) is 4. The van der Waals surface area contributed by atoms with Crippen LogP contribution in [0.5, 0.6) is 11.5 Å². The number of rotatable bonds is 3. The van der Waals surface area contributed by atoms with Crippen LogP contribution in [0.3, 0.4) is 0 Å². The number of benzene rings is 2. The van der Waals surface area contributed by atoms with Crippen LogP contribution in [0.4, 0.5) is 4.39 Å². The van der Waals surface area contributed by atoms with Gasteiger partial charge < -0.3 is 21.3 Å². The van der Waals surface area contributed by atoms with Crippen molar-refractivity contribution in [3.8, 4) is 28.7 Å². The number of methoxy groups -OCH3 is 1. The number of carbonyl (C=O) groups excluding carboxylic acids is 1. The third-order valence-corrected chi connectivity index (χ3v) is 3.19. The topological polar surface area (TPSA) is 135 Å². The van der Waals surface area contributed by atoms with E-state index in [9.17, 15) is 19.6 Å². The molecule has 0 aliphatic heterocycles. The lowest BCUT2D eigenvalue weighted by Gasteiger charge is -2.13. The summed E-state index contributed by atoms with van der Waals surface area (Å²) in [7, 11) is 1.39. The molecule has 0 aromatic heterocycles. The Morgan fingerprint density at radius 2 is 2.04 bits per heavy atom. The molecule has 0 unspecified atom stereocenters. The lowest BCUT2D eigenvalue weighted by Crippen LogP contribution is -2.24. The third-order valence-electron chi connectivity index (χ3n) is 3.19. The van der Waals surface area contributed by atoms with Gasteiger partial charge in [0.2, 0.25) is 0 Å². The number of ether oxygens (including phenoxy) is 1. The van der Waals surface area contributed by atoms with E-state index in [1.807, 2.05) is 6.07 Å². The van der Waals surface area contributed by atoms with Gasteiger partial charge in [-0.05, 0) is 30.3 Å². The number of halogens is 1. The summed E-state index contributed by atoms with van der Waals surface area (Å²) < 4.78 is 19.3. The number of hydrogen-bond donors (Lipinski definition) is 3. The Hall–Kier alpha value is -3.60. The second-order valence-corrected chi connectivity index (χ2v) is 4.68. The fourth-order valence-electron chi connectivity index (χ4n) is 2.18. The monoisotopic (exact) mass is 328 g/mol. The molecule has 0 spiro atoms. The van der Waals surface area contributed by atoms with Crippen molar-refractivity contribution < 1.29 is 19.0 Å². The van der Waals surface area contributed by atoms with Crippen molar-refractivity contribution in [1.82, 2.24) is 0 Å². The first kappa shape index (κ1) is 16.8. The number of aromatic hydroxyl groups is 1. The van der Waals surface area contributed by atoms with E-state index in [2.05, 4.69) is 4.99 Å². The average Bonchev–Trinajstić information content (AvgIpc) is 2.54. The molecule has 0 atom stereocenters. The Morgan fingerprint density at radius 3 is 2.62 bits per heavy atom. The van der Waals surface area contributed by atoms with Crippen molar-refractivity contribution in [1.29, 1.82) is 5.26 Å². The van der Waals surface area contributed by atoms with Crippen LogP contribution in [0.1, 0.15) is 15.9 Å². The normalized spacial score (nSPS) is 9.88. The zero-order chi connectivity index (χ0) is 17.9. The molecule has 5 N–H and O–H groups in total. The molecule has 0 saturated heterocycles. The van der Waals surface area contributed by atoms with E-state index in [1.165, 1.54) is 25.3 Å². The van der Waals surface area contributed by atoms with Crippen LogP contribution in [0, 0.1) is 17.1 Å². The van der Waals surface area contributed by atoms with Gasteiger partial charge in [0.05, 0.1) is 24.3 Å². The molecule has 1 amide bonds. The predicted octanol–water partition coefficient (Wildman–Crippen LogP) is 1.49. The van der Waals surface area contributed by atoms with Gasteiger partial charge >= 0.3 is 0 Å². The van der Waals surface area contributed by atoms with Crippen molar-refractivity contribution in [2.45, 2.75) is 0 Å². The van der Waals surface area contributed by atoms with E-state index >= 15 is 0 Å². The van der Waals surface area contributed by atoms with E-state index in [-0.39, 0.29) is 22.3 Å². The Balaban J connectivity index is 2.87. The first-order valence-electron chi connectivity index (χ1n) is 6.63. The lowest BCUT2D eigenvalue weighted by molar-refractivity contribution is 0.100. The van der Waals surface area contributed by atoms with E-state index < -0.39 is 23.4 Å². The SMILES string of the molecule is COc1ccc(F)c(-c2c(C#N)ccc(O)c2C(=O)N=C(N)N)c1. The molecule has 0 saturated carbocycles. The summed E-state index contributed by atoms with van der Waals surface area (Å²) in [6.45, 7) is 0. The molecule has 0 aliphatic carbocycles.